The summed E-state index contributed by atoms with van der Waals surface area (Å²) in [6, 6.07) is 26.6. The number of rotatable bonds is 8. The molecule has 148 valence electrons. The summed E-state index contributed by atoms with van der Waals surface area (Å²) >= 11 is 1.60. The highest BCUT2D eigenvalue weighted by Gasteiger charge is 2.43. The molecule has 0 bridgehead atoms. The maximum atomic E-state index is 6.43. The van der Waals surface area contributed by atoms with E-state index in [1.54, 1.807) is 11.9 Å². The molecular formula is C25H25NO2S. The molecule has 0 saturated carbocycles. The molecular weight excluding hydrogens is 378 g/mol. The van der Waals surface area contributed by atoms with Crippen LogP contribution in [0.5, 0.6) is 11.5 Å². The minimum Gasteiger partial charge on any atom is -0.444 e. The Balaban J connectivity index is 1.49. The Hall–Kier alpha value is -2.69. The molecule has 0 amide bonds. The van der Waals surface area contributed by atoms with E-state index < -0.39 is 5.79 Å². The number of nitrogens with one attached hydrogen (secondary N) is 1. The van der Waals surface area contributed by atoms with Crippen molar-refractivity contribution in [3.8, 4) is 11.5 Å². The van der Waals surface area contributed by atoms with Crippen LogP contribution in [0.25, 0.3) is 0 Å². The van der Waals surface area contributed by atoms with Crippen LogP contribution in [0.15, 0.2) is 95.9 Å². The van der Waals surface area contributed by atoms with Crippen molar-refractivity contribution in [2.24, 2.45) is 0 Å². The van der Waals surface area contributed by atoms with Gasteiger partial charge in [-0.25, -0.2) is 0 Å². The molecule has 0 radical (unpaired) electrons. The van der Waals surface area contributed by atoms with Crippen molar-refractivity contribution in [1.82, 2.24) is 4.72 Å². The predicted octanol–water partition coefficient (Wildman–Crippen LogP) is 6.46. The summed E-state index contributed by atoms with van der Waals surface area (Å²) in [5, 5.41) is 0. The van der Waals surface area contributed by atoms with E-state index >= 15 is 0 Å². The maximum absolute atomic E-state index is 6.43. The quantitative estimate of drug-likeness (QED) is 0.345. The van der Waals surface area contributed by atoms with E-state index in [1.807, 2.05) is 43.3 Å². The average molecular weight is 404 g/mol. The third-order valence-electron chi connectivity index (χ3n) is 4.87. The van der Waals surface area contributed by atoms with Crippen molar-refractivity contribution >= 4 is 11.9 Å². The summed E-state index contributed by atoms with van der Waals surface area (Å²) in [7, 11) is 0. The normalized spacial score (nSPS) is 17.3. The van der Waals surface area contributed by atoms with E-state index in [1.165, 1.54) is 5.56 Å². The van der Waals surface area contributed by atoms with Gasteiger partial charge in [0.2, 0.25) is 0 Å². The number of ether oxygens (including phenoxy) is 2. The van der Waals surface area contributed by atoms with Crippen molar-refractivity contribution in [3.63, 3.8) is 0 Å². The van der Waals surface area contributed by atoms with Crippen LogP contribution in [0.4, 0.5) is 0 Å². The van der Waals surface area contributed by atoms with Crippen LogP contribution < -0.4 is 14.2 Å². The molecule has 1 heterocycles. The van der Waals surface area contributed by atoms with Gasteiger partial charge in [-0.2, -0.15) is 0 Å². The molecule has 1 N–H and O–H groups in total. The van der Waals surface area contributed by atoms with Crippen LogP contribution >= 0.6 is 11.9 Å². The van der Waals surface area contributed by atoms with Crippen LogP contribution in [-0.2, 0) is 12.3 Å². The van der Waals surface area contributed by atoms with Gasteiger partial charge in [0, 0.05) is 23.4 Å². The van der Waals surface area contributed by atoms with E-state index in [9.17, 15) is 0 Å². The Bertz CT molecular complexity index is 975. The summed E-state index contributed by atoms with van der Waals surface area (Å²) in [6.07, 6.45) is 1.55. The lowest BCUT2D eigenvalue weighted by Crippen LogP contribution is -2.35. The van der Waals surface area contributed by atoms with Crippen LogP contribution in [0, 0.1) is 0 Å². The monoisotopic (exact) mass is 403 g/mol. The standard InChI is InChI=1S/C25H25NO2S/c1-19(2)15-16-25(21-11-7-4-8-12-21)27-23-14-13-22(17-24(23)28-25)29-26-18-20-9-5-3-6-10-20/h3-14,17,26H,1,15-16,18H2,2H3. The molecule has 3 aromatic carbocycles. The predicted molar refractivity (Wildman–Crippen MR) is 119 cm³/mol. The van der Waals surface area contributed by atoms with Gasteiger partial charge in [-0.3, -0.25) is 4.72 Å². The van der Waals surface area contributed by atoms with E-state index in [4.69, 9.17) is 9.47 Å². The third-order valence-corrected chi connectivity index (χ3v) is 5.65. The van der Waals surface area contributed by atoms with Gasteiger partial charge in [0.05, 0.1) is 0 Å². The lowest BCUT2D eigenvalue weighted by molar-refractivity contribution is -0.0927. The molecule has 1 aliphatic heterocycles. The van der Waals surface area contributed by atoms with Crippen LogP contribution in [0.2, 0.25) is 0 Å². The highest BCUT2D eigenvalue weighted by atomic mass is 32.2. The number of allylic oxidation sites excluding steroid dienone is 1. The maximum Gasteiger partial charge on any atom is 0.278 e. The Kier molecular flexibility index (Phi) is 5.93. The van der Waals surface area contributed by atoms with Crippen molar-refractivity contribution < 1.29 is 9.47 Å². The first kappa shape index (κ1) is 19.6. The molecule has 0 spiro atoms. The van der Waals surface area contributed by atoms with Crippen molar-refractivity contribution in [3.05, 3.63) is 102 Å². The van der Waals surface area contributed by atoms with Gasteiger partial charge in [0.15, 0.2) is 11.5 Å². The molecule has 3 aromatic rings. The summed E-state index contributed by atoms with van der Waals surface area (Å²) in [6.45, 7) is 6.87. The molecule has 1 atom stereocenters. The second-order valence-electron chi connectivity index (χ2n) is 7.30. The molecule has 0 aliphatic carbocycles. The Morgan fingerprint density at radius 2 is 1.62 bits per heavy atom. The van der Waals surface area contributed by atoms with Gasteiger partial charge in [-0.1, -0.05) is 66.2 Å². The molecule has 29 heavy (non-hydrogen) atoms. The van der Waals surface area contributed by atoms with Crippen molar-refractivity contribution in [2.45, 2.75) is 37.0 Å². The van der Waals surface area contributed by atoms with E-state index in [0.717, 1.165) is 46.9 Å². The van der Waals surface area contributed by atoms with Gasteiger partial charge in [-0.15, -0.1) is 6.58 Å². The fraction of sp³-hybridized carbons (Fsp3) is 0.200. The van der Waals surface area contributed by atoms with E-state index in [-0.39, 0.29) is 0 Å². The fourth-order valence-corrected chi connectivity index (χ4v) is 4.03. The number of fused-ring (bicyclic) bond motifs is 1. The molecule has 4 rings (SSSR count). The second kappa shape index (κ2) is 8.76. The summed E-state index contributed by atoms with van der Waals surface area (Å²) in [5.74, 6) is 0.758. The first-order valence-corrected chi connectivity index (χ1v) is 10.6. The van der Waals surface area contributed by atoms with Crippen LogP contribution in [-0.4, -0.2) is 0 Å². The number of hydrogen-bond acceptors (Lipinski definition) is 4. The summed E-state index contributed by atoms with van der Waals surface area (Å²) in [5.41, 5.74) is 3.39. The third kappa shape index (κ3) is 4.66. The second-order valence-corrected chi connectivity index (χ2v) is 8.26. The lowest BCUT2D eigenvalue weighted by Gasteiger charge is -2.28. The molecule has 0 aromatic heterocycles. The first-order chi connectivity index (χ1) is 14.1. The Morgan fingerprint density at radius 1 is 0.931 bits per heavy atom. The van der Waals surface area contributed by atoms with Gasteiger partial charge in [0.1, 0.15) is 0 Å². The summed E-state index contributed by atoms with van der Waals surface area (Å²) in [4.78, 5) is 1.09. The highest BCUT2D eigenvalue weighted by molar-refractivity contribution is 7.97. The average Bonchev–Trinajstić information content (AvgIpc) is 3.13. The molecule has 0 saturated heterocycles. The Labute approximate surface area is 176 Å². The fourth-order valence-electron chi connectivity index (χ4n) is 3.32. The molecule has 1 unspecified atom stereocenters. The lowest BCUT2D eigenvalue weighted by atomic mass is 9.98. The molecule has 4 heteroatoms. The van der Waals surface area contributed by atoms with Crippen molar-refractivity contribution in [1.29, 1.82) is 0 Å². The molecule has 0 fully saturated rings. The zero-order chi connectivity index (χ0) is 20.1. The SMILES string of the molecule is C=C(C)CCC1(c2ccccc2)Oc2ccc(SNCc3ccccc3)cc2O1. The first-order valence-electron chi connectivity index (χ1n) is 9.80. The minimum absolute atomic E-state index is 0.718. The molecule has 1 aliphatic rings. The van der Waals surface area contributed by atoms with Crippen LogP contribution in [0.1, 0.15) is 30.9 Å². The topological polar surface area (TPSA) is 30.5 Å². The molecule has 3 nitrogen and oxygen atoms in total. The van der Waals surface area contributed by atoms with Gasteiger partial charge in [-0.05, 0) is 49.1 Å². The smallest absolute Gasteiger partial charge is 0.278 e. The van der Waals surface area contributed by atoms with E-state index in [0.29, 0.717) is 0 Å². The van der Waals surface area contributed by atoms with Gasteiger partial charge < -0.3 is 9.47 Å². The van der Waals surface area contributed by atoms with Crippen LogP contribution in [0.3, 0.4) is 0 Å². The minimum atomic E-state index is -0.802. The largest absolute Gasteiger partial charge is 0.444 e. The van der Waals surface area contributed by atoms with E-state index in [2.05, 4.69) is 53.8 Å². The highest BCUT2D eigenvalue weighted by Crippen LogP contribution is 2.47. The van der Waals surface area contributed by atoms with Gasteiger partial charge >= 0.3 is 0 Å². The Morgan fingerprint density at radius 3 is 2.34 bits per heavy atom. The van der Waals surface area contributed by atoms with Gasteiger partial charge in [0.25, 0.3) is 5.79 Å². The summed E-state index contributed by atoms with van der Waals surface area (Å²) < 4.78 is 16.2. The number of benzene rings is 3. The number of hydrogen-bond donors (Lipinski definition) is 1. The zero-order valence-electron chi connectivity index (χ0n) is 16.6. The zero-order valence-corrected chi connectivity index (χ0v) is 17.4. The van der Waals surface area contributed by atoms with Crippen molar-refractivity contribution in [2.75, 3.05) is 0 Å².